The first kappa shape index (κ1) is 28.9. The van der Waals surface area contributed by atoms with Gasteiger partial charge in [-0.05, 0) is 37.9 Å². The average Bonchev–Trinajstić information content (AvgIpc) is 3.04. The number of anilines is 2. The van der Waals surface area contributed by atoms with Gasteiger partial charge >= 0.3 is 6.01 Å². The second kappa shape index (κ2) is 12.6. The summed E-state index contributed by atoms with van der Waals surface area (Å²) in [7, 11) is 2.10. The van der Waals surface area contributed by atoms with E-state index in [-0.39, 0.29) is 24.5 Å². The fourth-order valence-corrected chi connectivity index (χ4v) is 6.36. The van der Waals surface area contributed by atoms with Gasteiger partial charge in [0.2, 0.25) is 5.91 Å². The topological polar surface area (TPSA) is 98.1 Å². The lowest BCUT2D eigenvalue weighted by Crippen LogP contribution is -2.55. The number of benzene rings is 2. The lowest BCUT2D eigenvalue weighted by Gasteiger charge is -2.42. The van der Waals surface area contributed by atoms with Crippen molar-refractivity contribution in [2.24, 2.45) is 0 Å². The van der Waals surface area contributed by atoms with Gasteiger partial charge in [0.05, 0.1) is 37.4 Å². The van der Waals surface area contributed by atoms with E-state index in [0.717, 1.165) is 36.6 Å². The number of nitriles is 1. The van der Waals surface area contributed by atoms with Crippen molar-refractivity contribution in [2.45, 2.75) is 44.5 Å². The third kappa shape index (κ3) is 6.01. The van der Waals surface area contributed by atoms with Gasteiger partial charge in [-0.2, -0.15) is 15.2 Å². The molecule has 3 aromatic rings. The van der Waals surface area contributed by atoms with Crippen molar-refractivity contribution < 1.29 is 14.3 Å². The Morgan fingerprint density at radius 2 is 1.98 bits per heavy atom. The fraction of sp³-hybridized carbons (Fsp3) is 0.455. The van der Waals surface area contributed by atoms with E-state index in [4.69, 9.17) is 19.4 Å². The van der Waals surface area contributed by atoms with Gasteiger partial charge < -0.3 is 24.2 Å². The van der Waals surface area contributed by atoms with Gasteiger partial charge in [0, 0.05) is 55.4 Å². The highest BCUT2D eigenvalue weighted by atomic mass is 16.5. The van der Waals surface area contributed by atoms with Crippen LogP contribution in [0.1, 0.15) is 24.6 Å². The molecule has 3 aliphatic heterocycles. The van der Waals surface area contributed by atoms with E-state index in [1.807, 2.05) is 0 Å². The zero-order valence-corrected chi connectivity index (χ0v) is 25.0. The van der Waals surface area contributed by atoms with Crippen LogP contribution in [-0.2, 0) is 22.5 Å². The maximum Gasteiger partial charge on any atom is 0.318 e. The van der Waals surface area contributed by atoms with Crippen molar-refractivity contribution >= 4 is 28.2 Å². The SMILES string of the molecule is C=CC(=O)N1CCN(c2nc(OC[C@H]3CN(C)[C@H](C)CO3)nc3c2CCN(c2cccc4ccccc24)C3)CC1CC#N. The number of aromatic nitrogens is 2. The summed E-state index contributed by atoms with van der Waals surface area (Å²) in [5, 5.41) is 12.0. The number of likely N-dealkylation sites (N-methyl/N-ethyl adjacent to an activating group) is 1. The Kier molecular flexibility index (Phi) is 8.45. The molecular formula is C33H39N7O3. The van der Waals surface area contributed by atoms with Gasteiger partial charge in [0.1, 0.15) is 18.5 Å². The minimum absolute atomic E-state index is 0.0649. The largest absolute Gasteiger partial charge is 0.461 e. The quantitative estimate of drug-likeness (QED) is 0.389. The molecule has 0 aliphatic carbocycles. The minimum atomic E-state index is -0.247. The molecule has 0 bridgehead atoms. The maximum atomic E-state index is 12.5. The van der Waals surface area contributed by atoms with Crippen LogP contribution in [0.2, 0.25) is 0 Å². The van der Waals surface area contributed by atoms with Crippen LogP contribution >= 0.6 is 0 Å². The van der Waals surface area contributed by atoms with Crippen LogP contribution in [0.5, 0.6) is 6.01 Å². The zero-order chi connectivity index (χ0) is 29.9. The number of hydrogen-bond acceptors (Lipinski definition) is 9. The molecule has 4 heterocycles. The number of carbonyl (C=O) groups is 1. The Morgan fingerprint density at radius 1 is 1.14 bits per heavy atom. The number of fused-ring (bicyclic) bond motifs is 2. The van der Waals surface area contributed by atoms with Gasteiger partial charge in [0.15, 0.2) is 0 Å². The molecule has 2 fully saturated rings. The highest BCUT2D eigenvalue weighted by Crippen LogP contribution is 2.35. The first-order valence-electron chi connectivity index (χ1n) is 15.1. The Bertz CT molecular complexity index is 1530. The molecule has 1 aromatic heterocycles. The van der Waals surface area contributed by atoms with Crippen LogP contribution in [0.15, 0.2) is 55.1 Å². The van der Waals surface area contributed by atoms with E-state index < -0.39 is 0 Å². The first-order chi connectivity index (χ1) is 20.9. The van der Waals surface area contributed by atoms with Gasteiger partial charge in [-0.3, -0.25) is 9.69 Å². The van der Waals surface area contributed by atoms with Gasteiger partial charge in [-0.1, -0.05) is 43.0 Å². The smallest absolute Gasteiger partial charge is 0.318 e. The molecule has 0 radical (unpaired) electrons. The molecule has 6 rings (SSSR count). The lowest BCUT2D eigenvalue weighted by molar-refractivity contribution is -0.128. The Balaban J connectivity index is 1.31. The monoisotopic (exact) mass is 581 g/mol. The van der Waals surface area contributed by atoms with Crippen LogP contribution in [0.3, 0.4) is 0 Å². The Hall–Kier alpha value is -4.20. The summed E-state index contributed by atoms with van der Waals surface area (Å²) >= 11 is 0. The lowest BCUT2D eigenvalue weighted by atomic mass is 10.0. The summed E-state index contributed by atoms with van der Waals surface area (Å²) in [6, 6.07) is 17.6. The normalized spacial score (nSPS) is 22.6. The number of carbonyl (C=O) groups excluding carboxylic acids is 1. The molecular weight excluding hydrogens is 542 g/mol. The molecule has 10 nitrogen and oxygen atoms in total. The summed E-state index contributed by atoms with van der Waals surface area (Å²) in [5.74, 6) is 0.688. The second-order valence-corrected chi connectivity index (χ2v) is 11.7. The molecule has 2 saturated heterocycles. The summed E-state index contributed by atoms with van der Waals surface area (Å²) in [4.78, 5) is 31.1. The van der Waals surface area contributed by atoms with Crippen molar-refractivity contribution in [3.05, 3.63) is 66.4 Å². The molecule has 43 heavy (non-hydrogen) atoms. The minimum Gasteiger partial charge on any atom is -0.461 e. The first-order valence-corrected chi connectivity index (χ1v) is 15.1. The summed E-state index contributed by atoms with van der Waals surface area (Å²) < 4.78 is 12.3. The molecule has 3 atom stereocenters. The molecule has 1 amide bonds. The third-order valence-corrected chi connectivity index (χ3v) is 8.91. The number of hydrogen-bond donors (Lipinski definition) is 0. The predicted octanol–water partition coefficient (Wildman–Crippen LogP) is 3.41. The van der Waals surface area contributed by atoms with Crippen LogP contribution < -0.4 is 14.5 Å². The van der Waals surface area contributed by atoms with E-state index >= 15 is 0 Å². The van der Waals surface area contributed by atoms with Crippen molar-refractivity contribution in [3.63, 3.8) is 0 Å². The van der Waals surface area contributed by atoms with Gasteiger partial charge in [-0.15, -0.1) is 0 Å². The zero-order valence-electron chi connectivity index (χ0n) is 25.0. The Labute approximate surface area is 253 Å². The predicted molar refractivity (Wildman–Crippen MR) is 166 cm³/mol. The van der Waals surface area contributed by atoms with Crippen LogP contribution in [0.4, 0.5) is 11.5 Å². The number of amides is 1. The fourth-order valence-electron chi connectivity index (χ4n) is 6.36. The highest BCUT2D eigenvalue weighted by Gasteiger charge is 2.33. The van der Waals surface area contributed by atoms with Crippen LogP contribution in [0, 0.1) is 11.3 Å². The third-order valence-electron chi connectivity index (χ3n) is 8.91. The van der Waals surface area contributed by atoms with E-state index in [1.165, 1.54) is 22.5 Å². The van der Waals surface area contributed by atoms with Crippen molar-refractivity contribution in [2.75, 3.05) is 62.8 Å². The second-order valence-electron chi connectivity index (χ2n) is 11.7. The highest BCUT2D eigenvalue weighted by molar-refractivity contribution is 5.94. The van der Waals surface area contributed by atoms with Gasteiger partial charge in [0.25, 0.3) is 0 Å². The van der Waals surface area contributed by atoms with Gasteiger partial charge in [-0.25, -0.2) is 0 Å². The maximum absolute atomic E-state index is 12.5. The molecule has 224 valence electrons. The van der Waals surface area contributed by atoms with Crippen molar-refractivity contribution in [1.82, 2.24) is 19.8 Å². The van der Waals surface area contributed by atoms with E-state index in [1.54, 1.807) is 4.90 Å². The molecule has 0 spiro atoms. The Morgan fingerprint density at radius 3 is 2.79 bits per heavy atom. The molecule has 1 unspecified atom stereocenters. The molecule has 0 N–H and O–H groups in total. The van der Waals surface area contributed by atoms with E-state index in [9.17, 15) is 10.1 Å². The summed E-state index contributed by atoms with van der Waals surface area (Å²) in [5.41, 5.74) is 3.23. The van der Waals surface area contributed by atoms with E-state index in [2.05, 4.69) is 83.8 Å². The number of rotatable bonds is 7. The number of nitrogens with zero attached hydrogens (tertiary/aromatic N) is 7. The summed E-state index contributed by atoms with van der Waals surface area (Å²) in [6.45, 7) is 10.7. The number of piperazine rings is 1. The van der Waals surface area contributed by atoms with E-state index in [0.29, 0.717) is 51.4 Å². The molecule has 2 aromatic carbocycles. The van der Waals surface area contributed by atoms with Crippen molar-refractivity contribution in [1.29, 1.82) is 5.26 Å². The number of morpholine rings is 1. The van der Waals surface area contributed by atoms with Crippen LogP contribution in [0.25, 0.3) is 10.8 Å². The van der Waals surface area contributed by atoms with Crippen LogP contribution in [-0.4, -0.2) is 96.8 Å². The summed E-state index contributed by atoms with van der Waals surface area (Å²) in [6.07, 6.45) is 2.28. The number of ether oxygens (including phenoxy) is 2. The standard InChI is InChI=1S/C33H39N7O3/c1-4-31(41)40-17-16-39(18-25(40)12-14-34)32-28-13-15-38(30-11-7-9-24-8-5-6-10-27(24)30)20-29(28)35-33(36-32)43-22-26-19-37(3)23(2)21-42-26/h4-11,23,25-26H,1,12-13,15-22H2,2-3H3/t23-,25?,26-/m1/s1. The molecule has 0 saturated carbocycles. The molecule has 3 aliphatic rings. The molecule has 10 heteroatoms. The van der Waals surface area contributed by atoms with Crippen molar-refractivity contribution in [3.8, 4) is 12.1 Å². The average molecular weight is 582 g/mol.